The number of carbonyl (C=O) groups excluding carboxylic acids is 3. The number of unbranched alkanes of at least 4 members (excludes halogenated alkanes) is 5. The molecule has 13 nitrogen and oxygen atoms in total. The first kappa shape index (κ1) is 43.1. The van der Waals surface area contributed by atoms with Gasteiger partial charge in [0.05, 0.1) is 24.7 Å². The second kappa shape index (κ2) is 19.6. The van der Waals surface area contributed by atoms with E-state index in [1.165, 1.54) is 43.9 Å². The summed E-state index contributed by atoms with van der Waals surface area (Å²) < 4.78 is 18.7. The van der Waals surface area contributed by atoms with Crippen molar-refractivity contribution >= 4 is 70.6 Å². The minimum absolute atomic E-state index is 0.119. The minimum Gasteiger partial charge on any atom is -0.494 e. The lowest BCUT2D eigenvalue weighted by molar-refractivity contribution is -0.136. The first-order valence-electron chi connectivity index (χ1n) is 21.1. The number of benzene rings is 3. The highest BCUT2D eigenvalue weighted by atomic mass is 35.5. The van der Waals surface area contributed by atoms with E-state index < -0.39 is 13.2 Å². The van der Waals surface area contributed by atoms with Gasteiger partial charge >= 0.3 is 0 Å². The molecule has 3 amide bonds. The van der Waals surface area contributed by atoms with E-state index >= 15 is 0 Å². The summed E-state index contributed by atoms with van der Waals surface area (Å²) in [6.07, 6.45) is 12.5. The van der Waals surface area contributed by atoms with Crippen molar-refractivity contribution in [2.24, 2.45) is 0 Å². The highest BCUT2D eigenvalue weighted by Crippen LogP contribution is 2.39. The number of aryl methyl sites for hydroxylation is 1. The van der Waals surface area contributed by atoms with E-state index in [-0.39, 0.29) is 24.1 Å². The van der Waals surface area contributed by atoms with Crippen LogP contribution in [0.25, 0.3) is 0 Å². The molecule has 1 aromatic heterocycles. The number of imide groups is 1. The zero-order valence-corrected chi connectivity index (χ0v) is 36.4. The standard InChI is InChI=1S/C45H56ClN8O5P/c1-59-39-27-33(16-18-36(39)50-45-48-28-35(46)42(52-45)49-37-13-9-10-14-40(37)60(2,3)58)53-24-21-32(22-25-53)47-23-11-7-5-4-6-8-12-30-15-17-34-31(26-30)29-54(44(34)57)38-19-20-41(55)51-43(38)56/h9-10,13-18,26-28,32,38,47H,4-8,11-12,19-25,29H2,1-3H3,(H,51,55,56)(H2,48,49,50,52). The number of fused-ring (bicyclic) bond motifs is 1. The molecule has 15 heteroatoms. The van der Waals surface area contributed by atoms with Crippen LogP contribution in [0.5, 0.6) is 5.75 Å². The van der Waals surface area contributed by atoms with E-state index in [1.807, 2.05) is 48.5 Å². The highest BCUT2D eigenvalue weighted by Gasteiger charge is 2.39. The molecule has 0 aliphatic carbocycles. The lowest BCUT2D eigenvalue weighted by Crippen LogP contribution is -2.52. The summed E-state index contributed by atoms with van der Waals surface area (Å²) in [6, 6.07) is 19.6. The topological polar surface area (TPSA) is 158 Å². The number of carbonyl (C=O) groups is 3. The fourth-order valence-electron chi connectivity index (χ4n) is 8.38. The maximum Gasteiger partial charge on any atom is 0.255 e. The Morgan fingerprint density at radius 2 is 1.67 bits per heavy atom. The van der Waals surface area contributed by atoms with Crippen molar-refractivity contribution in [3.8, 4) is 5.75 Å². The molecule has 3 aliphatic rings. The summed E-state index contributed by atoms with van der Waals surface area (Å²) in [4.78, 5) is 49.9. The van der Waals surface area contributed by atoms with Crippen molar-refractivity contribution in [1.29, 1.82) is 0 Å². The number of anilines is 5. The molecule has 2 fully saturated rings. The van der Waals surface area contributed by atoms with Gasteiger partial charge in [-0.3, -0.25) is 19.7 Å². The van der Waals surface area contributed by atoms with Gasteiger partial charge < -0.3 is 35.1 Å². The molecule has 4 N–H and O–H groups in total. The van der Waals surface area contributed by atoms with Crippen molar-refractivity contribution in [3.63, 3.8) is 0 Å². The Bertz CT molecular complexity index is 2240. The van der Waals surface area contributed by atoms with Crippen LogP contribution < -0.4 is 36.2 Å². The third-order valence-electron chi connectivity index (χ3n) is 11.7. The van der Waals surface area contributed by atoms with Crippen LogP contribution in [0.3, 0.4) is 0 Å². The number of nitrogens with one attached hydrogen (secondary N) is 4. The Balaban J connectivity index is 0.785. The van der Waals surface area contributed by atoms with E-state index in [9.17, 15) is 18.9 Å². The molecule has 60 heavy (non-hydrogen) atoms. The molecule has 7 rings (SSSR count). The van der Waals surface area contributed by atoms with Crippen LogP contribution in [-0.2, 0) is 27.1 Å². The van der Waals surface area contributed by atoms with Gasteiger partial charge in [-0.1, -0.05) is 61.5 Å². The maximum absolute atomic E-state index is 13.0. The molecule has 0 bridgehead atoms. The average molecular weight is 855 g/mol. The van der Waals surface area contributed by atoms with Gasteiger partial charge in [-0.25, -0.2) is 4.98 Å². The lowest BCUT2D eigenvalue weighted by atomic mass is 10.0. The van der Waals surface area contributed by atoms with Gasteiger partial charge in [0.15, 0.2) is 5.82 Å². The van der Waals surface area contributed by atoms with Gasteiger partial charge in [0.2, 0.25) is 17.8 Å². The summed E-state index contributed by atoms with van der Waals surface area (Å²) in [5.74, 6) is 0.684. The van der Waals surface area contributed by atoms with Crippen LogP contribution in [0.1, 0.15) is 85.7 Å². The van der Waals surface area contributed by atoms with Gasteiger partial charge in [0, 0.05) is 54.7 Å². The summed E-state index contributed by atoms with van der Waals surface area (Å²) in [5, 5.41) is 13.8. The van der Waals surface area contributed by atoms with E-state index in [2.05, 4.69) is 48.3 Å². The minimum atomic E-state index is -2.54. The van der Waals surface area contributed by atoms with Crippen LogP contribution in [-0.4, -0.2) is 84.7 Å². The SMILES string of the molecule is COc1cc(N2CCC(NCCCCCCCCc3ccc4c(c3)CN(C3CCC(=O)NC3=O)C4=O)CC2)ccc1Nc1ncc(Cl)c(Nc2ccccc2P(C)(C)=O)n1. The molecule has 3 aliphatic heterocycles. The van der Waals surface area contributed by atoms with E-state index in [1.54, 1.807) is 25.3 Å². The number of aromatic nitrogens is 2. The third kappa shape index (κ3) is 10.7. The largest absolute Gasteiger partial charge is 0.494 e. The number of para-hydroxylation sites is 1. The number of piperidine rings is 2. The van der Waals surface area contributed by atoms with Crippen LogP contribution in [0.2, 0.25) is 5.02 Å². The van der Waals surface area contributed by atoms with Gasteiger partial charge in [-0.2, -0.15) is 4.98 Å². The Morgan fingerprint density at radius 1 is 0.900 bits per heavy atom. The predicted octanol–water partition coefficient (Wildman–Crippen LogP) is 7.78. The third-order valence-corrected chi connectivity index (χ3v) is 13.5. The van der Waals surface area contributed by atoms with E-state index in [0.717, 1.165) is 67.6 Å². The number of rotatable bonds is 18. The number of ether oxygens (including phenoxy) is 1. The molecule has 0 saturated carbocycles. The Labute approximate surface area is 357 Å². The molecule has 4 heterocycles. The number of methoxy groups -OCH3 is 1. The molecule has 2 saturated heterocycles. The van der Waals surface area contributed by atoms with Crippen molar-refractivity contribution < 1.29 is 23.7 Å². The van der Waals surface area contributed by atoms with Crippen LogP contribution in [0, 0.1) is 0 Å². The maximum atomic E-state index is 13.0. The van der Waals surface area contributed by atoms with Crippen molar-refractivity contribution in [1.82, 2.24) is 25.5 Å². The number of hydrogen-bond donors (Lipinski definition) is 4. The van der Waals surface area contributed by atoms with E-state index in [0.29, 0.717) is 52.8 Å². The van der Waals surface area contributed by atoms with Crippen LogP contribution in [0.4, 0.5) is 28.8 Å². The molecule has 3 aromatic carbocycles. The van der Waals surface area contributed by atoms with Crippen molar-refractivity contribution in [2.75, 3.05) is 55.6 Å². The Morgan fingerprint density at radius 3 is 2.43 bits per heavy atom. The first-order chi connectivity index (χ1) is 29.0. The normalized spacial score (nSPS) is 17.1. The highest BCUT2D eigenvalue weighted by molar-refractivity contribution is 7.70. The average Bonchev–Trinajstić information content (AvgIpc) is 3.56. The molecule has 1 unspecified atom stereocenters. The van der Waals surface area contributed by atoms with Gasteiger partial charge in [0.25, 0.3) is 5.91 Å². The monoisotopic (exact) mass is 854 g/mol. The van der Waals surface area contributed by atoms with Crippen molar-refractivity contribution in [3.05, 3.63) is 88.6 Å². The molecular formula is C45H56ClN8O5P. The van der Waals surface area contributed by atoms with Gasteiger partial charge in [-0.05, 0) is 99.9 Å². The summed E-state index contributed by atoms with van der Waals surface area (Å²) >= 11 is 6.47. The number of amides is 3. The lowest BCUT2D eigenvalue weighted by Gasteiger charge is -2.34. The smallest absolute Gasteiger partial charge is 0.255 e. The Kier molecular flexibility index (Phi) is 14.1. The summed E-state index contributed by atoms with van der Waals surface area (Å²) in [7, 11) is -0.882. The zero-order chi connectivity index (χ0) is 42.2. The Hall–Kier alpha value is -4.97. The first-order valence-corrected chi connectivity index (χ1v) is 24.1. The molecule has 318 valence electrons. The second-order valence-corrected chi connectivity index (χ2v) is 20.0. The zero-order valence-electron chi connectivity index (χ0n) is 34.8. The number of hydrogen-bond acceptors (Lipinski definition) is 11. The fraction of sp³-hybridized carbons (Fsp3) is 0.444. The van der Waals surface area contributed by atoms with E-state index in [4.69, 9.17) is 16.3 Å². The van der Waals surface area contributed by atoms with Crippen LogP contribution >= 0.6 is 18.7 Å². The molecule has 1 atom stereocenters. The van der Waals surface area contributed by atoms with Crippen molar-refractivity contribution in [2.45, 2.75) is 89.3 Å². The quantitative estimate of drug-likeness (QED) is 0.0440. The molecule has 4 aromatic rings. The summed E-state index contributed by atoms with van der Waals surface area (Å²) in [6.45, 7) is 6.86. The molecular weight excluding hydrogens is 799 g/mol. The molecule has 0 radical (unpaired) electrons. The predicted molar refractivity (Wildman–Crippen MR) is 239 cm³/mol. The van der Waals surface area contributed by atoms with Crippen LogP contribution in [0.15, 0.2) is 66.9 Å². The number of nitrogens with zero attached hydrogens (tertiary/aromatic N) is 4. The second-order valence-electron chi connectivity index (χ2n) is 16.4. The molecule has 0 spiro atoms. The number of halogens is 1. The fourth-order valence-corrected chi connectivity index (χ4v) is 9.68. The van der Waals surface area contributed by atoms with Gasteiger partial charge in [-0.15, -0.1) is 0 Å². The summed E-state index contributed by atoms with van der Waals surface area (Å²) in [5.41, 5.74) is 5.41. The van der Waals surface area contributed by atoms with Gasteiger partial charge in [0.1, 0.15) is 24.0 Å².